The summed E-state index contributed by atoms with van der Waals surface area (Å²) in [5.74, 6) is -0.0184. The van der Waals surface area contributed by atoms with Crippen molar-refractivity contribution in [3.63, 3.8) is 0 Å². The monoisotopic (exact) mass is 282 g/mol. The Hall–Kier alpha value is -0.610. The van der Waals surface area contributed by atoms with Crippen molar-refractivity contribution >= 4 is 5.97 Å². The van der Waals surface area contributed by atoms with E-state index in [1.165, 1.54) is 25.7 Å². The van der Waals surface area contributed by atoms with Crippen molar-refractivity contribution < 1.29 is 9.53 Å². The average molecular weight is 282 g/mol. The number of carbonyl (C=O) groups excluding carboxylic acids is 1. The van der Waals surface area contributed by atoms with Crippen LogP contribution in [-0.2, 0) is 9.53 Å². The van der Waals surface area contributed by atoms with Gasteiger partial charge in [0.25, 0.3) is 0 Å². The van der Waals surface area contributed by atoms with E-state index in [-0.39, 0.29) is 12.0 Å². The summed E-state index contributed by atoms with van der Waals surface area (Å²) in [4.78, 5) is 14.6. The molecule has 1 spiro atoms. The number of hydrogen-bond acceptors (Lipinski definition) is 4. The first-order valence-corrected chi connectivity index (χ1v) is 8.32. The topological polar surface area (TPSA) is 41.6 Å². The molecule has 2 saturated heterocycles. The number of ether oxygens (including phenoxy) is 1. The van der Waals surface area contributed by atoms with Crippen LogP contribution in [0.5, 0.6) is 0 Å². The molecule has 2 aliphatic rings. The zero-order valence-electron chi connectivity index (χ0n) is 13.1. The van der Waals surface area contributed by atoms with Crippen molar-refractivity contribution in [1.29, 1.82) is 0 Å². The summed E-state index contributed by atoms with van der Waals surface area (Å²) in [5, 5.41) is 3.55. The molecule has 4 heteroatoms. The smallest absolute Gasteiger partial charge is 0.323 e. The molecule has 0 radical (unpaired) electrons. The lowest BCUT2D eigenvalue weighted by atomic mass is 9.74. The molecule has 0 saturated carbocycles. The van der Waals surface area contributed by atoms with Crippen LogP contribution in [0.4, 0.5) is 0 Å². The standard InChI is InChI=1S/C16H30N2O2/c1-3-7-14(15(19)20-4-2)18-11-6-9-16(13-18)8-5-10-17-12-16/h14,17H,3-13H2,1-2H3. The number of rotatable bonds is 5. The van der Waals surface area contributed by atoms with Crippen LogP contribution in [0.3, 0.4) is 0 Å². The first-order chi connectivity index (χ1) is 9.71. The minimum atomic E-state index is -0.0287. The van der Waals surface area contributed by atoms with E-state index in [1.807, 2.05) is 6.92 Å². The molecule has 2 rings (SSSR count). The number of likely N-dealkylation sites (tertiary alicyclic amines) is 1. The van der Waals surface area contributed by atoms with Gasteiger partial charge in [-0.3, -0.25) is 9.69 Å². The third-order valence-corrected chi connectivity index (χ3v) is 4.81. The molecule has 2 unspecified atom stereocenters. The molecule has 2 fully saturated rings. The lowest BCUT2D eigenvalue weighted by Gasteiger charge is -2.47. The fourth-order valence-electron chi connectivity index (χ4n) is 3.85. The molecular formula is C16H30N2O2. The SMILES string of the molecule is CCCC(C(=O)OCC)N1CCCC2(CCCNC2)C1. The molecule has 0 aromatic heterocycles. The van der Waals surface area contributed by atoms with E-state index in [2.05, 4.69) is 17.1 Å². The van der Waals surface area contributed by atoms with Crippen LogP contribution in [-0.4, -0.2) is 49.7 Å². The van der Waals surface area contributed by atoms with Gasteiger partial charge >= 0.3 is 5.97 Å². The highest BCUT2D eigenvalue weighted by Gasteiger charge is 2.40. The Morgan fingerprint density at radius 2 is 2.15 bits per heavy atom. The summed E-state index contributed by atoms with van der Waals surface area (Å²) >= 11 is 0. The maximum atomic E-state index is 12.2. The van der Waals surface area contributed by atoms with E-state index in [0.717, 1.165) is 39.0 Å². The molecule has 0 bridgehead atoms. The van der Waals surface area contributed by atoms with Gasteiger partial charge in [-0.15, -0.1) is 0 Å². The molecule has 116 valence electrons. The minimum Gasteiger partial charge on any atom is -0.465 e. The van der Waals surface area contributed by atoms with Crippen LogP contribution in [0, 0.1) is 5.41 Å². The highest BCUT2D eigenvalue weighted by molar-refractivity contribution is 5.75. The van der Waals surface area contributed by atoms with Crippen molar-refractivity contribution in [3.05, 3.63) is 0 Å². The fraction of sp³-hybridized carbons (Fsp3) is 0.938. The quantitative estimate of drug-likeness (QED) is 0.785. The van der Waals surface area contributed by atoms with Gasteiger partial charge < -0.3 is 10.1 Å². The summed E-state index contributed by atoms with van der Waals surface area (Å²) < 4.78 is 5.29. The normalized spacial score (nSPS) is 29.3. The van der Waals surface area contributed by atoms with Crippen LogP contribution in [0.1, 0.15) is 52.4 Å². The number of nitrogens with one attached hydrogen (secondary N) is 1. The molecule has 2 heterocycles. The second kappa shape index (κ2) is 7.41. The van der Waals surface area contributed by atoms with Crippen LogP contribution in [0.25, 0.3) is 0 Å². The van der Waals surface area contributed by atoms with Crippen molar-refractivity contribution in [2.75, 3.05) is 32.8 Å². The van der Waals surface area contributed by atoms with Gasteiger partial charge in [0, 0.05) is 13.1 Å². The molecular weight excluding hydrogens is 252 g/mol. The predicted octanol–water partition coefficient (Wildman–Crippen LogP) is 2.18. The molecule has 0 aliphatic carbocycles. The maximum absolute atomic E-state index is 12.2. The van der Waals surface area contributed by atoms with Gasteiger partial charge in [-0.05, 0) is 57.5 Å². The Morgan fingerprint density at radius 3 is 2.80 bits per heavy atom. The molecule has 4 nitrogen and oxygen atoms in total. The fourth-order valence-corrected chi connectivity index (χ4v) is 3.85. The Kier molecular flexibility index (Phi) is 5.85. The summed E-state index contributed by atoms with van der Waals surface area (Å²) in [6, 6.07) is -0.0287. The van der Waals surface area contributed by atoms with Crippen LogP contribution in [0.2, 0.25) is 0 Å². The van der Waals surface area contributed by atoms with Crippen LogP contribution >= 0.6 is 0 Å². The third-order valence-electron chi connectivity index (χ3n) is 4.81. The van der Waals surface area contributed by atoms with Gasteiger partial charge in [-0.25, -0.2) is 0 Å². The zero-order chi connectivity index (χ0) is 14.4. The molecule has 20 heavy (non-hydrogen) atoms. The Labute approximate surface area is 123 Å². The molecule has 0 aromatic carbocycles. The van der Waals surface area contributed by atoms with Gasteiger partial charge in [-0.2, -0.15) is 0 Å². The lowest BCUT2D eigenvalue weighted by molar-refractivity contribution is -0.151. The van der Waals surface area contributed by atoms with E-state index in [1.54, 1.807) is 0 Å². The van der Waals surface area contributed by atoms with E-state index in [0.29, 0.717) is 12.0 Å². The zero-order valence-corrected chi connectivity index (χ0v) is 13.1. The Bertz CT molecular complexity index is 308. The second-order valence-corrected chi connectivity index (χ2v) is 6.41. The summed E-state index contributed by atoms with van der Waals surface area (Å²) in [7, 11) is 0. The van der Waals surface area contributed by atoms with Gasteiger partial charge in [0.1, 0.15) is 6.04 Å². The summed E-state index contributed by atoms with van der Waals surface area (Å²) in [6.07, 6.45) is 7.04. The van der Waals surface area contributed by atoms with E-state index in [4.69, 9.17) is 4.74 Å². The Morgan fingerprint density at radius 1 is 1.35 bits per heavy atom. The first kappa shape index (κ1) is 15.8. The van der Waals surface area contributed by atoms with Gasteiger partial charge in [0.05, 0.1) is 6.61 Å². The molecule has 0 aromatic rings. The van der Waals surface area contributed by atoms with Crippen molar-refractivity contribution in [3.8, 4) is 0 Å². The highest BCUT2D eigenvalue weighted by atomic mass is 16.5. The number of nitrogens with zero attached hydrogens (tertiary/aromatic N) is 1. The van der Waals surface area contributed by atoms with Crippen LogP contribution in [0.15, 0.2) is 0 Å². The number of hydrogen-bond donors (Lipinski definition) is 1. The predicted molar refractivity (Wildman–Crippen MR) is 80.7 cm³/mol. The third kappa shape index (κ3) is 3.73. The first-order valence-electron chi connectivity index (χ1n) is 8.32. The molecule has 0 amide bonds. The second-order valence-electron chi connectivity index (χ2n) is 6.41. The minimum absolute atomic E-state index is 0.0184. The van der Waals surface area contributed by atoms with Crippen molar-refractivity contribution in [2.45, 2.75) is 58.4 Å². The van der Waals surface area contributed by atoms with Gasteiger partial charge in [0.15, 0.2) is 0 Å². The maximum Gasteiger partial charge on any atom is 0.323 e. The van der Waals surface area contributed by atoms with E-state index >= 15 is 0 Å². The van der Waals surface area contributed by atoms with Gasteiger partial charge in [0.2, 0.25) is 0 Å². The number of esters is 1. The van der Waals surface area contributed by atoms with Crippen molar-refractivity contribution in [1.82, 2.24) is 10.2 Å². The van der Waals surface area contributed by atoms with E-state index in [9.17, 15) is 4.79 Å². The largest absolute Gasteiger partial charge is 0.465 e. The highest BCUT2D eigenvalue weighted by Crippen LogP contribution is 2.37. The average Bonchev–Trinajstić information content (AvgIpc) is 2.46. The molecule has 2 atom stereocenters. The van der Waals surface area contributed by atoms with Gasteiger partial charge in [-0.1, -0.05) is 13.3 Å². The van der Waals surface area contributed by atoms with Crippen LogP contribution < -0.4 is 5.32 Å². The number of carbonyl (C=O) groups is 1. The Balaban J connectivity index is 2.02. The molecule has 2 aliphatic heterocycles. The molecule has 1 N–H and O–H groups in total. The number of piperidine rings is 2. The summed E-state index contributed by atoms with van der Waals surface area (Å²) in [6.45, 7) is 8.90. The van der Waals surface area contributed by atoms with E-state index < -0.39 is 0 Å². The van der Waals surface area contributed by atoms with Crippen molar-refractivity contribution in [2.24, 2.45) is 5.41 Å². The lowest BCUT2D eigenvalue weighted by Crippen LogP contribution is -2.55. The summed E-state index contributed by atoms with van der Waals surface area (Å²) in [5.41, 5.74) is 0.398.